The molecule has 1 N–H and O–H groups in total. The summed E-state index contributed by atoms with van der Waals surface area (Å²) >= 11 is 1.59. The molecule has 2 nitrogen and oxygen atoms in total. The maximum atomic E-state index is 12.1. The van der Waals surface area contributed by atoms with Crippen LogP contribution in [0.5, 0.6) is 0 Å². The molecule has 0 bridgehead atoms. The smallest absolute Gasteiger partial charge is 0.392 e. The third kappa shape index (κ3) is 2.17. The summed E-state index contributed by atoms with van der Waals surface area (Å²) in [5.41, 5.74) is 0. The van der Waals surface area contributed by atoms with Gasteiger partial charge in [-0.05, 0) is 0 Å². The van der Waals surface area contributed by atoms with Crippen molar-refractivity contribution < 1.29 is 18.3 Å². The predicted molar refractivity (Wildman–Crippen MR) is 48.2 cm³/mol. The highest BCUT2D eigenvalue weighted by atomic mass is 32.2. The number of hydrogen-bond acceptors (Lipinski definition) is 3. The topological polar surface area (TPSA) is 23.5 Å². The van der Waals surface area contributed by atoms with Crippen molar-refractivity contribution in [3.8, 4) is 0 Å². The van der Waals surface area contributed by atoms with Gasteiger partial charge in [0.05, 0.1) is 12.6 Å². The Bertz CT molecular complexity index is 223. The lowest BCUT2D eigenvalue weighted by molar-refractivity contribution is -0.144. The van der Waals surface area contributed by atoms with Gasteiger partial charge in [-0.2, -0.15) is 24.9 Å². The molecule has 0 aromatic rings. The molecule has 2 rings (SSSR count). The second-order valence-electron chi connectivity index (χ2n) is 3.91. The van der Waals surface area contributed by atoms with E-state index in [9.17, 15) is 18.3 Å². The van der Waals surface area contributed by atoms with E-state index in [1.54, 1.807) is 11.8 Å². The van der Waals surface area contributed by atoms with E-state index in [1.165, 1.54) is 4.90 Å². The van der Waals surface area contributed by atoms with E-state index < -0.39 is 18.8 Å². The molecular formula is C8H12F3NOS. The van der Waals surface area contributed by atoms with Crippen LogP contribution in [-0.2, 0) is 0 Å². The quantitative estimate of drug-likeness (QED) is 0.721. The molecule has 0 spiro atoms. The molecule has 6 heteroatoms. The van der Waals surface area contributed by atoms with Crippen molar-refractivity contribution in [2.24, 2.45) is 5.92 Å². The summed E-state index contributed by atoms with van der Waals surface area (Å²) in [4.78, 5) is 1.39. The highest BCUT2D eigenvalue weighted by Crippen LogP contribution is 2.38. The van der Waals surface area contributed by atoms with Crippen LogP contribution in [-0.4, -0.2) is 52.9 Å². The Morgan fingerprint density at radius 1 is 1.36 bits per heavy atom. The zero-order chi connectivity index (χ0) is 10.3. The van der Waals surface area contributed by atoms with Gasteiger partial charge in [0.15, 0.2) is 0 Å². The minimum absolute atomic E-state index is 0.0438. The molecule has 82 valence electrons. The third-order valence-electron chi connectivity index (χ3n) is 2.76. The van der Waals surface area contributed by atoms with Crippen molar-refractivity contribution in [3.63, 3.8) is 0 Å². The Balaban J connectivity index is 1.90. The third-order valence-corrected chi connectivity index (χ3v) is 4.22. The lowest BCUT2D eigenvalue weighted by Crippen LogP contribution is -2.34. The Kier molecular flexibility index (Phi) is 2.70. The van der Waals surface area contributed by atoms with Gasteiger partial charge in [0.25, 0.3) is 0 Å². The average molecular weight is 227 g/mol. The number of rotatable bonds is 1. The first-order valence-corrected chi connectivity index (χ1v) is 5.59. The predicted octanol–water partition coefficient (Wildman–Crippen LogP) is 0.957. The van der Waals surface area contributed by atoms with E-state index >= 15 is 0 Å². The monoisotopic (exact) mass is 227 g/mol. The lowest BCUT2D eigenvalue weighted by Gasteiger charge is -2.19. The minimum Gasteiger partial charge on any atom is -0.392 e. The molecule has 3 atom stereocenters. The number of aliphatic hydroxyl groups excluding tert-OH is 1. The molecule has 14 heavy (non-hydrogen) atoms. The van der Waals surface area contributed by atoms with Crippen molar-refractivity contribution in [1.82, 2.24) is 4.90 Å². The fraction of sp³-hybridized carbons (Fsp3) is 1.00. The fourth-order valence-electron chi connectivity index (χ4n) is 2.15. The summed E-state index contributed by atoms with van der Waals surface area (Å²) < 4.78 is 36.2. The van der Waals surface area contributed by atoms with Crippen molar-refractivity contribution in [1.29, 1.82) is 0 Å². The number of nitrogens with zero attached hydrogens (tertiary/aromatic N) is 1. The van der Waals surface area contributed by atoms with Crippen LogP contribution in [0.4, 0.5) is 13.2 Å². The normalized spacial score (nSPS) is 39.0. The molecule has 0 aromatic carbocycles. The van der Waals surface area contributed by atoms with Gasteiger partial charge in [0.2, 0.25) is 0 Å². The van der Waals surface area contributed by atoms with E-state index in [0.29, 0.717) is 18.8 Å². The molecule has 0 amide bonds. The molecule has 0 radical (unpaired) electrons. The van der Waals surface area contributed by atoms with Crippen LogP contribution in [0.25, 0.3) is 0 Å². The summed E-state index contributed by atoms with van der Waals surface area (Å²) in [6.45, 7) is 0.0114. The summed E-state index contributed by atoms with van der Waals surface area (Å²) in [6.07, 6.45) is -4.53. The molecule has 0 aromatic heterocycles. The summed E-state index contributed by atoms with van der Waals surface area (Å²) in [5.74, 6) is 0.720. The summed E-state index contributed by atoms with van der Waals surface area (Å²) in [7, 11) is 0. The standard InChI is InChI=1S/C8H12F3NOS/c9-8(10,11)4-12-1-5-6(13)3-14-7(5)2-12/h5-7,13H,1-4H2. The second kappa shape index (κ2) is 3.57. The Morgan fingerprint density at radius 3 is 2.64 bits per heavy atom. The Hall–Kier alpha value is 0.0600. The van der Waals surface area contributed by atoms with Crippen molar-refractivity contribution in [2.45, 2.75) is 17.5 Å². The SMILES string of the molecule is OC1CSC2CN(CC(F)(F)F)CC12. The number of aliphatic hydroxyl groups is 1. The van der Waals surface area contributed by atoms with E-state index in [1.807, 2.05) is 0 Å². The highest BCUT2D eigenvalue weighted by Gasteiger charge is 2.45. The first-order valence-electron chi connectivity index (χ1n) is 4.54. The molecule has 2 fully saturated rings. The van der Waals surface area contributed by atoms with Gasteiger partial charge in [-0.3, -0.25) is 4.90 Å². The molecule has 2 aliphatic heterocycles. The van der Waals surface area contributed by atoms with Crippen LogP contribution in [0.3, 0.4) is 0 Å². The first kappa shape index (κ1) is 10.6. The van der Waals surface area contributed by atoms with Crippen molar-refractivity contribution in [3.05, 3.63) is 0 Å². The van der Waals surface area contributed by atoms with Crippen LogP contribution >= 0.6 is 11.8 Å². The number of hydrogen-bond donors (Lipinski definition) is 1. The highest BCUT2D eigenvalue weighted by molar-refractivity contribution is 8.00. The number of alkyl halides is 3. The number of fused-ring (bicyclic) bond motifs is 1. The maximum Gasteiger partial charge on any atom is 0.401 e. The van der Waals surface area contributed by atoms with Gasteiger partial charge >= 0.3 is 6.18 Å². The van der Waals surface area contributed by atoms with Crippen LogP contribution in [0, 0.1) is 5.92 Å². The molecule has 2 saturated heterocycles. The second-order valence-corrected chi connectivity index (χ2v) is 5.18. The van der Waals surface area contributed by atoms with Crippen LogP contribution in [0.2, 0.25) is 0 Å². The van der Waals surface area contributed by atoms with E-state index in [-0.39, 0.29) is 11.2 Å². The van der Waals surface area contributed by atoms with Gasteiger partial charge in [-0.25, -0.2) is 0 Å². The molecule has 3 unspecified atom stereocenters. The fourth-order valence-corrected chi connectivity index (χ4v) is 3.68. The van der Waals surface area contributed by atoms with Crippen molar-refractivity contribution in [2.75, 3.05) is 25.4 Å². The average Bonchev–Trinajstić information content (AvgIpc) is 2.51. The van der Waals surface area contributed by atoms with Crippen LogP contribution < -0.4 is 0 Å². The van der Waals surface area contributed by atoms with E-state index in [2.05, 4.69) is 0 Å². The molecule has 2 aliphatic rings. The first-order chi connectivity index (χ1) is 6.46. The van der Waals surface area contributed by atoms with Gasteiger partial charge in [0, 0.05) is 30.0 Å². The van der Waals surface area contributed by atoms with Gasteiger partial charge in [0.1, 0.15) is 0 Å². The Labute approximate surface area is 84.5 Å². The van der Waals surface area contributed by atoms with E-state index in [0.717, 1.165) is 0 Å². The summed E-state index contributed by atoms with van der Waals surface area (Å²) in [5, 5.41) is 9.69. The van der Waals surface area contributed by atoms with Crippen LogP contribution in [0.15, 0.2) is 0 Å². The zero-order valence-corrected chi connectivity index (χ0v) is 8.31. The zero-order valence-electron chi connectivity index (χ0n) is 7.50. The van der Waals surface area contributed by atoms with E-state index in [4.69, 9.17) is 0 Å². The minimum atomic E-state index is -4.12. The molecular weight excluding hydrogens is 215 g/mol. The molecule has 0 aliphatic carbocycles. The lowest BCUT2D eigenvalue weighted by atomic mass is 10.0. The maximum absolute atomic E-state index is 12.1. The molecule has 2 heterocycles. The number of halogens is 3. The largest absolute Gasteiger partial charge is 0.401 e. The van der Waals surface area contributed by atoms with Crippen molar-refractivity contribution >= 4 is 11.8 Å². The summed E-state index contributed by atoms with van der Waals surface area (Å²) in [6, 6.07) is 0. The van der Waals surface area contributed by atoms with Crippen LogP contribution in [0.1, 0.15) is 0 Å². The van der Waals surface area contributed by atoms with Gasteiger partial charge in [-0.1, -0.05) is 0 Å². The number of likely N-dealkylation sites (tertiary alicyclic amines) is 1. The van der Waals surface area contributed by atoms with Gasteiger partial charge < -0.3 is 5.11 Å². The van der Waals surface area contributed by atoms with Gasteiger partial charge in [-0.15, -0.1) is 0 Å². The number of thioether (sulfide) groups is 1. The molecule has 0 saturated carbocycles. The Morgan fingerprint density at radius 2 is 2.07 bits per heavy atom.